The Balaban J connectivity index is 1.94. The molecule has 1 atom stereocenters. The van der Waals surface area contributed by atoms with Crippen LogP contribution in [0, 0.1) is 10.1 Å². The lowest BCUT2D eigenvalue weighted by Gasteiger charge is -2.11. The van der Waals surface area contributed by atoms with Gasteiger partial charge in [-0.1, -0.05) is 46.3 Å². The van der Waals surface area contributed by atoms with Crippen molar-refractivity contribution in [2.24, 2.45) is 0 Å². The van der Waals surface area contributed by atoms with Crippen molar-refractivity contribution < 1.29 is 9.72 Å². The molecule has 6 heteroatoms. The van der Waals surface area contributed by atoms with Crippen molar-refractivity contribution in [3.63, 3.8) is 0 Å². The molecule has 0 saturated carbocycles. The number of nitrogens with zero attached hydrogens (tertiary/aromatic N) is 1. The molecule has 0 aliphatic rings. The summed E-state index contributed by atoms with van der Waals surface area (Å²) in [5.74, 6) is -0.259. The normalized spacial score (nSPS) is 11.7. The lowest BCUT2D eigenvalue weighted by Crippen LogP contribution is -2.26. The van der Waals surface area contributed by atoms with Crippen LogP contribution in [-0.4, -0.2) is 17.4 Å². The van der Waals surface area contributed by atoms with Gasteiger partial charge in [-0.05, 0) is 17.7 Å². The fourth-order valence-corrected chi connectivity index (χ4v) is 2.27. The van der Waals surface area contributed by atoms with Crippen LogP contribution < -0.4 is 5.32 Å². The molecule has 21 heavy (non-hydrogen) atoms. The van der Waals surface area contributed by atoms with Gasteiger partial charge in [0.25, 0.3) is 11.6 Å². The highest BCUT2D eigenvalue weighted by molar-refractivity contribution is 9.09. The molecule has 1 unspecified atom stereocenters. The Morgan fingerprint density at radius 2 is 1.76 bits per heavy atom. The highest BCUT2D eigenvalue weighted by Gasteiger charge is 2.12. The summed E-state index contributed by atoms with van der Waals surface area (Å²) >= 11 is 3.51. The van der Waals surface area contributed by atoms with Crippen molar-refractivity contribution in [2.75, 3.05) is 6.54 Å². The van der Waals surface area contributed by atoms with E-state index in [1.54, 1.807) is 0 Å². The number of nitro benzene ring substituents is 1. The molecule has 5 nitrogen and oxygen atoms in total. The summed E-state index contributed by atoms with van der Waals surface area (Å²) in [7, 11) is 0. The van der Waals surface area contributed by atoms with Gasteiger partial charge in [-0.15, -0.1) is 0 Å². The van der Waals surface area contributed by atoms with Gasteiger partial charge in [0.05, 0.1) is 9.75 Å². The number of halogens is 1. The van der Waals surface area contributed by atoms with E-state index in [2.05, 4.69) is 21.2 Å². The first-order valence-electron chi connectivity index (χ1n) is 6.29. The van der Waals surface area contributed by atoms with E-state index >= 15 is 0 Å². The van der Waals surface area contributed by atoms with E-state index in [-0.39, 0.29) is 16.4 Å². The van der Waals surface area contributed by atoms with Crippen LogP contribution in [0.4, 0.5) is 5.69 Å². The van der Waals surface area contributed by atoms with Crippen LogP contribution >= 0.6 is 15.9 Å². The van der Waals surface area contributed by atoms with Crippen molar-refractivity contribution in [1.29, 1.82) is 0 Å². The van der Waals surface area contributed by atoms with Gasteiger partial charge in [0.1, 0.15) is 0 Å². The molecule has 0 bridgehead atoms. The van der Waals surface area contributed by atoms with Gasteiger partial charge in [-0.2, -0.15) is 0 Å². The zero-order chi connectivity index (χ0) is 15.2. The average Bonchev–Trinajstić information content (AvgIpc) is 2.53. The van der Waals surface area contributed by atoms with E-state index in [0.717, 1.165) is 5.56 Å². The number of nitro groups is 1. The van der Waals surface area contributed by atoms with Gasteiger partial charge in [0, 0.05) is 24.2 Å². The zero-order valence-corrected chi connectivity index (χ0v) is 12.6. The summed E-state index contributed by atoms with van der Waals surface area (Å²) in [6.45, 7) is 0.430. The SMILES string of the molecule is O=C(NCC(Br)c1ccccc1)c1ccc([N+](=O)[O-])cc1. The summed E-state index contributed by atoms with van der Waals surface area (Å²) in [6, 6.07) is 15.3. The lowest BCUT2D eigenvalue weighted by molar-refractivity contribution is -0.384. The average molecular weight is 349 g/mol. The van der Waals surface area contributed by atoms with Crippen LogP contribution in [0.15, 0.2) is 54.6 Å². The van der Waals surface area contributed by atoms with Crippen LogP contribution in [0.3, 0.4) is 0 Å². The third-order valence-electron chi connectivity index (χ3n) is 2.94. The van der Waals surface area contributed by atoms with E-state index in [1.807, 2.05) is 30.3 Å². The highest BCUT2D eigenvalue weighted by atomic mass is 79.9. The second kappa shape index (κ2) is 6.99. The van der Waals surface area contributed by atoms with Gasteiger partial charge in [-0.25, -0.2) is 0 Å². The van der Waals surface area contributed by atoms with Crippen LogP contribution in [0.25, 0.3) is 0 Å². The molecule has 0 aliphatic carbocycles. The van der Waals surface area contributed by atoms with Crippen molar-refractivity contribution in [3.05, 3.63) is 75.8 Å². The monoisotopic (exact) mass is 348 g/mol. The second-order valence-electron chi connectivity index (χ2n) is 4.39. The molecule has 2 rings (SSSR count). The van der Waals surface area contributed by atoms with Crippen molar-refractivity contribution >= 4 is 27.5 Å². The minimum absolute atomic E-state index is 0.0145. The number of rotatable bonds is 5. The molecule has 2 aromatic carbocycles. The fraction of sp³-hybridized carbons (Fsp3) is 0.133. The maximum absolute atomic E-state index is 12.0. The topological polar surface area (TPSA) is 72.2 Å². The first-order chi connectivity index (χ1) is 10.1. The molecular weight excluding hydrogens is 336 g/mol. The molecule has 0 fully saturated rings. The molecule has 0 saturated heterocycles. The fourth-order valence-electron chi connectivity index (χ4n) is 1.80. The molecule has 108 valence electrons. The largest absolute Gasteiger partial charge is 0.351 e. The smallest absolute Gasteiger partial charge is 0.269 e. The van der Waals surface area contributed by atoms with E-state index in [0.29, 0.717) is 12.1 Å². The molecule has 1 N–H and O–H groups in total. The molecule has 0 aliphatic heterocycles. The van der Waals surface area contributed by atoms with Crippen molar-refractivity contribution in [1.82, 2.24) is 5.32 Å². The third kappa shape index (κ3) is 4.13. The van der Waals surface area contributed by atoms with Gasteiger partial charge in [0.2, 0.25) is 0 Å². The van der Waals surface area contributed by atoms with Gasteiger partial charge in [0.15, 0.2) is 0 Å². The van der Waals surface area contributed by atoms with E-state index < -0.39 is 4.92 Å². The van der Waals surface area contributed by atoms with Crippen LogP contribution in [-0.2, 0) is 0 Å². The Kier molecular flexibility index (Phi) is 5.05. The summed E-state index contributed by atoms with van der Waals surface area (Å²) in [6.07, 6.45) is 0. The number of hydrogen-bond donors (Lipinski definition) is 1. The molecule has 0 aromatic heterocycles. The van der Waals surface area contributed by atoms with E-state index in [4.69, 9.17) is 0 Å². The predicted octanol–water partition coefficient (Wildman–Crippen LogP) is 3.46. The molecule has 1 amide bonds. The van der Waals surface area contributed by atoms with Gasteiger partial charge < -0.3 is 5.32 Å². The predicted molar refractivity (Wildman–Crippen MR) is 83.5 cm³/mol. The van der Waals surface area contributed by atoms with E-state index in [9.17, 15) is 14.9 Å². The van der Waals surface area contributed by atoms with Crippen LogP contribution in [0.2, 0.25) is 0 Å². The van der Waals surface area contributed by atoms with E-state index in [1.165, 1.54) is 24.3 Å². The molecular formula is C15H13BrN2O3. The molecule has 0 spiro atoms. The van der Waals surface area contributed by atoms with Crippen LogP contribution in [0.1, 0.15) is 20.7 Å². The highest BCUT2D eigenvalue weighted by Crippen LogP contribution is 2.21. The number of non-ortho nitro benzene ring substituents is 1. The number of carbonyl (C=O) groups excluding carboxylic acids is 1. The Labute approximate surface area is 130 Å². The van der Waals surface area contributed by atoms with Crippen molar-refractivity contribution in [3.8, 4) is 0 Å². The molecule has 0 heterocycles. The first-order valence-corrected chi connectivity index (χ1v) is 7.21. The number of amides is 1. The summed E-state index contributed by atoms with van der Waals surface area (Å²) < 4.78 is 0. The number of hydrogen-bond acceptors (Lipinski definition) is 3. The Hall–Kier alpha value is -2.21. The maximum Gasteiger partial charge on any atom is 0.269 e. The quantitative estimate of drug-likeness (QED) is 0.510. The minimum Gasteiger partial charge on any atom is -0.351 e. The first kappa shape index (κ1) is 15.2. The number of benzene rings is 2. The minimum atomic E-state index is -0.494. The molecule has 0 radical (unpaired) electrons. The third-order valence-corrected chi connectivity index (χ3v) is 3.80. The molecule has 2 aromatic rings. The number of carbonyl (C=O) groups is 1. The zero-order valence-electron chi connectivity index (χ0n) is 11.0. The Bertz CT molecular complexity index is 629. The summed E-state index contributed by atoms with van der Waals surface area (Å²) in [5.41, 5.74) is 1.43. The summed E-state index contributed by atoms with van der Waals surface area (Å²) in [5, 5.41) is 13.3. The second-order valence-corrected chi connectivity index (χ2v) is 5.50. The summed E-state index contributed by atoms with van der Waals surface area (Å²) in [4.78, 5) is 22.0. The number of nitrogens with one attached hydrogen (secondary N) is 1. The Morgan fingerprint density at radius 1 is 1.14 bits per heavy atom. The maximum atomic E-state index is 12.0. The standard InChI is InChI=1S/C15H13BrN2O3/c16-14(11-4-2-1-3-5-11)10-17-15(19)12-6-8-13(9-7-12)18(20)21/h1-9,14H,10H2,(H,17,19). The van der Waals surface area contributed by atoms with Gasteiger partial charge in [-0.3, -0.25) is 14.9 Å². The van der Waals surface area contributed by atoms with Crippen molar-refractivity contribution in [2.45, 2.75) is 4.83 Å². The van der Waals surface area contributed by atoms with Gasteiger partial charge >= 0.3 is 0 Å². The number of alkyl halides is 1. The van der Waals surface area contributed by atoms with Crippen LogP contribution in [0.5, 0.6) is 0 Å². The lowest BCUT2D eigenvalue weighted by atomic mass is 10.1. The Morgan fingerprint density at radius 3 is 2.33 bits per heavy atom.